The summed E-state index contributed by atoms with van der Waals surface area (Å²) in [5.74, 6) is 3.55. The van der Waals surface area contributed by atoms with Gasteiger partial charge in [0.15, 0.2) is 10.9 Å². The molecule has 1 saturated heterocycles. The summed E-state index contributed by atoms with van der Waals surface area (Å²) in [7, 11) is 0. The van der Waals surface area contributed by atoms with Gasteiger partial charge in [0.05, 0.1) is 11.2 Å². The molecule has 0 bridgehead atoms. The van der Waals surface area contributed by atoms with Gasteiger partial charge >= 0.3 is 0 Å². The Hall–Kier alpha value is -2.31. The molecule has 0 spiro atoms. The third-order valence-corrected chi connectivity index (χ3v) is 10.5. The number of aromatic nitrogens is 2. The molecule has 2 atom stereocenters. The zero-order chi connectivity index (χ0) is 24.1. The molecule has 1 aromatic carbocycles. The molecule has 3 aromatic rings. The molecule has 5 nitrogen and oxygen atoms in total. The van der Waals surface area contributed by atoms with Crippen LogP contribution in [0.2, 0.25) is 0 Å². The van der Waals surface area contributed by atoms with Gasteiger partial charge in [0.25, 0.3) is 0 Å². The number of ketones is 1. The van der Waals surface area contributed by atoms with Crippen LogP contribution in [0.5, 0.6) is 0 Å². The summed E-state index contributed by atoms with van der Waals surface area (Å²) in [5, 5.41) is 2.29. The van der Waals surface area contributed by atoms with E-state index >= 15 is 0 Å². The van der Waals surface area contributed by atoms with E-state index in [1.54, 1.807) is 6.20 Å². The topological polar surface area (TPSA) is 49.3 Å². The summed E-state index contributed by atoms with van der Waals surface area (Å²) in [6.07, 6.45) is 11.3. The van der Waals surface area contributed by atoms with Crippen molar-refractivity contribution < 1.29 is 4.79 Å². The van der Waals surface area contributed by atoms with Crippen molar-refractivity contribution in [2.24, 2.45) is 23.7 Å². The molecule has 2 unspecified atom stereocenters. The zero-order valence-electron chi connectivity index (χ0n) is 21.1. The first-order valence-electron chi connectivity index (χ1n) is 14.0. The quantitative estimate of drug-likeness (QED) is 0.374. The van der Waals surface area contributed by atoms with Gasteiger partial charge in [-0.05, 0) is 74.5 Å². The molecule has 0 N–H and O–H groups in total. The summed E-state index contributed by atoms with van der Waals surface area (Å²) >= 11 is 1.96. The lowest BCUT2D eigenvalue weighted by molar-refractivity contribution is 0.0941. The fourth-order valence-electron chi connectivity index (χ4n) is 6.93. The van der Waals surface area contributed by atoms with Crippen molar-refractivity contribution in [3.8, 4) is 0 Å². The van der Waals surface area contributed by atoms with E-state index < -0.39 is 0 Å². The minimum atomic E-state index is 0.287. The van der Waals surface area contributed by atoms with Crippen molar-refractivity contribution in [3.63, 3.8) is 0 Å². The number of Topliss-reactive ketones (excluding diaryl/α,β-unsaturated/α-hetero) is 1. The second-order valence-corrected chi connectivity index (χ2v) is 12.8. The smallest absolute Gasteiger partial charge is 0.185 e. The van der Waals surface area contributed by atoms with Crippen molar-refractivity contribution in [3.05, 3.63) is 52.7 Å². The average molecular weight is 501 g/mol. The molecule has 0 radical (unpaired) electrons. The number of nitrogens with zero attached hydrogens (tertiary/aromatic N) is 4. The number of fused-ring (bicyclic) bond motifs is 3. The standard InChI is InChI=1S/C30H36N4OS/c35-28(25-3-1-5-26-24(25)4-2-12-31-26)15-21-8-6-20(7-9-21)10-13-33-14-11-29-27(19-33)32-30(36-29)34-17-22-16-23(22)18-34/h1-5,12,20-23H,6-11,13-19H2. The number of hydrogen-bond donors (Lipinski definition) is 0. The van der Waals surface area contributed by atoms with E-state index in [0.717, 1.165) is 40.8 Å². The van der Waals surface area contributed by atoms with Crippen LogP contribution in [0.1, 0.15) is 65.9 Å². The highest BCUT2D eigenvalue weighted by Gasteiger charge is 2.46. The van der Waals surface area contributed by atoms with Crippen molar-refractivity contribution in [1.29, 1.82) is 0 Å². The van der Waals surface area contributed by atoms with Crippen molar-refractivity contribution in [2.75, 3.05) is 31.1 Å². The lowest BCUT2D eigenvalue weighted by Gasteiger charge is -2.31. The lowest BCUT2D eigenvalue weighted by Crippen LogP contribution is -2.32. The predicted molar refractivity (Wildman–Crippen MR) is 146 cm³/mol. The second kappa shape index (κ2) is 9.53. The monoisotopic (exact) mass is 500 g/mol. The van der Waals surface area contributed by atoms with Crippen LogP contribution in [-0.4, -0.2) is 46.8 Å². The minimum Gasteiger partial charge on any atom is -0.348 e. The lowest BCUT2D eigenvalue weighted by atomic mass is 9.78. The van der Waals surface area contributed by atoms with E-state index in [-0.39, 0.29) is 5.78 Å². The van der Waals surface area contributed by atoms with Crippen molar-refractivity contribution in [2.45, 2.75) is 57.9 Å². The van der Waals surface area contributed by atoms with Crippen LogP contribution in [0.15, 0.2) is 36.5 Å². The van der Waals surface area contributed by atoms with E-state index in [9.17, 15) is 4.79 Å². The molecule has 3 fully saturated rings. The molecule has 36 heavy (non-hydrogen) atoms. The molecule has 2 saturated carbocycles. The normalized spacial score (nSPS) is 27.7. The van der Waals surface area contributed by atoms with Gasteiger partial charge in [0.2, 0.25) is 0 Å². The van der Waals surface area contributed by atoms with Gasteiger partial charge in [-0.15, -0.1) is 11.3 Å². The van der Waals surface area contributed by atoms with Gasteiger partial charge < -0.3 is 4.90 Å². The first-order chi connectivity index (χ1) is 17.7. The number of pyridine rings is 1. The molecule has 188 valence electrons. The molecule has 4 aliphatic rings. The maximum atomic E-state index is 13.1. The van der Waals surface area contributed by atoms with Gasteiger partial charge in [0, 0.05) is 54.6 Å². The van der Waals surface area contributed by atoms with Gasteiger partial charge in [-0.25, -0.2) is 4.98 Å². The van der Waals surface area contributed by atoms with Gasteiger partial charge in [-0.2, -0.15) is 0 Å². The van der Waals surface area contributed by atoms with Gasteiger partial charge in [-0.1, -0.05) is 31.0 Å². The van der Waals surface area contributed by atoms with E-state index in [4.69, 9.17) is 4.98 Å². The van der Waals surface area contributed by atoms with Crippen LogP contribution >= 0.6 is 11.3 Å². The number of carbonyl (C=O) groups excluding carboxylic acids is 1. The summed E-state index contributed by atoms with van der Waals surface area (Å²) < 4.78 is 0. The number of piperidine rings is 1. The molecule has 0 amide bonds. The van der Waals surface area contributed by atoms with E-state index in [0.29, 0.717) is 12.3 Å². The van der Waals surface area contributed by atoms with Crippen molar-refractivity contribution >= 4 is 33.2 Å². The number of rotatable bonds is 7. The summed E-state index contributed by atoms with van der Waals surface area (Å²) in [6.45, 7) is 5.90. The Balaban J connectivity index is 0.879. The first-order valence-corrected chi connectivity index (χ1v) is 14.8. The Morgan fingerprint density at radius 1 is 1.03 bits per heavy atom. The highest BCUT2D eigenvalue weighted by molar-refractivity contribution is 7.15. The van der Waals surface area contributed by atoms with Crippen LogP contribution in [0, 0.1) is 23.7 Å². The minimum absolute atomic E-state index is 0.287. The highest BCUT2D eigenvalue weighted by Crippen LogP contribution is 2.47. The number of anilines is 1. The van der Waals surface area contributed by atoms with Crippen molar-refractivity contribution in [1.82, 2.24) is 14.9 Å². The predicted octanol–water partition coefficient (Wildman–Crippen LogP) is 5.98. The molecular formula is C30H36N4OS. The Labute approximate surface area is 217 Å². The fourth-order valence-corrected chi connectivity index (χ4v) is 8.00. The van der Waals surface area contributed by atoms with Crippen LogP contribution in [-0.2, 0) is 13.0 Å². The Morgan fingerprint density at radius 3 is 2.72 bits per heavy atom. The first kappa shape index (κ1) is 22.9. The number of thiazole rings is 1. The molecular weight excluding hydrogens is 464 g/mol. The van der Waals surface area contributed by atoms with Crippen LogP contribution in [0.4, 0.5) is 5.13 Å². The molecule has 2 aliphatic heterocycles. The zero-order valence-corrected chi connectivity index (χ0v) is 21.9. The average Bonchev–Trinajstić information content (AvgIpc) is 3.31. The fraction of sp³-hybridized carbons (Fsp3) is 0.567. The van der Waals surface area contributed by atoms with E-state index in [2.05, 4.69) is 14.8 Å². The largest absolute Gasteiger partial charge is 0.348 e. The maximum absolute atomic E-state index is 13.1. The Kier molecular flexibility index (Phi) is 6.05. The number of benzene rings is 1. The molecule has 6 heteroatoms. The third kappa shape index (κ3) is 4.58. The highest BCUT2D eigenvalue weighted by atomic mass is 32.1. The molecule has 4 heterocycles. The van der Waals surface area contributed by atoms with Crippen LogP contribution in [0.25, 0.3) is 10.9 Å². The SMILES string of the molecule is O=C(CC1CCC(CCN2CCc3sc(N4CC5CC5C4)nc3C2)CC1)c1cccc2ncccc12. The van der Waals surface area contributed by atoms with E-state index in [1.807, 2.05) is 41.7 Å². The van der Waals surface area contributed by atoms with Crippen LogP contribution < -0.4 is 4.90 Å². The van der Waals surface area contributed by atoms with Gasteiger partial charge in [0.1, 0.15) is 0 Å². The summed E-state index contributed by atoms with van der Waals surface area (Å²) in [5.41, 5.74) is 3.12. The Morgan fingerprint density at radius 2 is 1.86 bits per heavy atom. The van der Waals surface area contributed by atoms with E-state index in [1.165, 1.54) is 86.8 Å². The molecule has 7 rings (SSSR count). The van der Waals surface area contributed by atoms with Crippen LogP contribution in [0.3, 0.4) is 0 Å². The third-order valence-electron chi connectivity index (χ3n) is 9.28. The maximum Gasteiger partial charge on any atom is 0.185 e. The molecule has 2 aliphatic carbocycles. The number of hydrogen-bond acceptors (Lipinski definition) is 6. The molecule has 2 aromatic heterocycles. The number of carbonyl (C=O) groups is 1. The summed E-state index contributed by atoms with van der Waals surface area (Å²) in [6, 6.07) is 9.88. The summed E-state index contributed by atoms with van der Waals surface area (Å²) in [4.78, 5) is 29.3. The Bertz CT molecular complexity index is 1250. The second-order valence-electron chi connectivity index (χ2n) is 11.7. The van der Waals surface area contributed by atoms with Gasteiger partial charge in [-0.3, -0.25) is 14.7 Å².